The molecule has 0 radical (unpaired) electrons. The fraction of sp³-hybridized carbons (Fsp3) is 0.909. The van der Waals surface area contributed by atoms with Crippen molar-refractivity contribution in [3.8, 4) is 0 Å². The summed E-state index contributed by atoms with van der Waals surface area (Å²) < 4.78 is 0. The minimum absolute atomic E-state index is 0.125. The lowest BCUT2D eigenvalue weighted by Gasteiger charge is -2.22. The van der Waals surface area contributed by atoms with E-state index in [1.165, 1.54) is 12.8 Å². The first-order chi connectivity index (χ1) is 7.16. The molecule has 1 fully saturated rings. The van der Waals surface area contributed by atoms with Crippen LogP contribution < -0.4 is 11.1 Å². The Hall–Kier alpha value is -0.220. The molecule has 0 saturated heterocycles. The number of nitrogens with one attached hydrogen (secondary N) is 1. The first kappa shape index (κ1) is 12.8. The van der Waals surface area contributed by atoms with E-state index in [1.54, 1.807) is 0 Å². The Morgan fingerprint density at radius 2 is 2.13 bits per heavy atom. The number of hydrogen-bond donors (Lipinski definition) is 2. The Balaban J connectivity index is 2.12. The smallest absolute Gasteiger partial charge is 0.221 e. The summed E-state index contributed by atoms with van der Waals surface area (Å²) >= 11 is 1.81. The average molecular weight is 230 g/mol. The molecule has 0 spiro atoms. The van der Waals surface area contributed by atoms with Crippen LogP contribution in [0, 0.1) is 0 Å². The van der Waals surface area contributed by atoms with Crippen molar-refractivity contribution in [1.82, 2.24) is 5.32 Å². The molecule has 0 aromatic heterocycles. The van der Waals surface area contributed by atoms with Gasteiger partial charge in [-0.25, -0.2) is 0 Å². The largest absolute Gasteiger partial charge is 0.356 e. The minimum Gasteiger partial charge on any atom is -0.356 e. The summed E-state index contributed by atoms with van der Waals surface area (Å²) in [5.74, 6) is 1.23. The van der Waals surface area contributed by atoms with Crippen molar-refractivity contribution in [3.63, 3.8) is 0 Å². The molecule has 0 aromatic carbocycles. The van der Waals surface area contributed by atoms with Crippen LogP contribution in [0.1, 0.15) is 38.5 Å². The maximum atomic E-state index is 11.6. The highest BCUT2D eigenvalue weighted by atomic mass is 32.2. The van der Waals surface area contributed by atoms with Crippen LogP contribution in [0.25, 0.3) is 0 Å². The van der Waals surface area contributed by atoms with Crippen molar-refractivity contribution >= 4 is 17.7 Å². The molecular formula is C11H22N2OS. The Bertz CT molecular complexity index is 203. The molecule has 4 heteroatoms. The van der Waals surface area contributed by atoms with Crippen molar-refractivity contribution in [1.29, 1.82) is 0 Å². The second-order valence-electron chi connectivity index (χ2n) is 4.44. The maximum Gasteiger partial charge on any atom is 0.221 e. The van der Waals surface area contributed by atoms with Crippen LogP contribution in [0.15, 0.2) is 0 Å². The van der Waals surface area contributed by atoms with Crippen molar-refractivity contribution < 1.29 is 4.79 Å². The van der Waals surface area contributed by atoms with Crippen LogP contribution in [0.5, 0.6) is 0 Å². The molecule has 0 bridgehead atoms. The second-order valence-corrected chi connectivity index (χ2v) is 5.43. The fourth-order valence-corrected chi connectivity index (χ4v) is 2.52. The Kier molecular flexibility index (Phi) is 5.47. The van der Waals surface area contributed by atoms with Crippen LogP contribution in [0.4, 0.5) is 0 Å². The van der Waals surface area contributed by atoms with Crippen LogP contribution >= 0.6 is 11.8 Å². The summed E-state index contributed by atoms with van der Waals surface area (Å²) in [5.41, 5.74) is 5.92. The van der Waals surface area contributed by atoms with Crippen LogP contribution in [0.3, 0.4) is 0 Å². The Labute approximate surface area is 96.6 Å². The van der Waals surface area contributed by atoms with Crippen LogP contribution in [-0.4, -0.2) is 30.0 Å². The lowest BCUT2D eigenvalue weighted by molar-refractivity contribution is -0.122. The summed E-state index contributed by atoms with van der Waals surface area (Å²) in [4.78, 5) is 11.6. The molecule has 0 aromatic rings. The van der Waals surface area contributed by atoms with Gasteiger partial charge in [0.2, 0.25) is 5.91 Å². The van der Waals surface area contributed by atoms with E-state index in [1.807, 2.05) is 11.8 Å². The Morgan fingerprint density at radius 3 is 2.73 bits per heavy atom. The molecule has 1 aliphatic carbocycles. The number of carbonyl (C=O) groups is 1. The molecule has 3 N–H and O–H groups in total. The number of thioether (sulfide) groups is 1. The predicted molar refractivity (Wildman–Crippen MR) is 66.0 cm³/mol. The van der Waals surface area contributed by atoms with Gasteiger partial charge in [0.25, 0.3) is 0 Å². The van der Waals surface area contributed by atoms with Gasteiger partial charge in [-0.15, -0.1) is 0 Å². The summed E-state index contributed by atoms with van der Waals surface area (Å²) in [7, 11) is 0. The summed E-state index contributed by atoms with van der Waals surface area (Å²) in [5, 5.41) is 2.94. The van der Waals surface area contributed by atoms with Crippen molar-refractivity contribution in [2.75, 3.05) is 18.6 Å². The van der Waals surface area contributed by atoms with Gasteiger partial charge < -0.3 is 11.1 Å². The van der Waals surface area contributed by atoms with Gasteiger partial charge in [0, 0.05) is 18.5 Å². The third kappa shape index (κ3) is 4.89. The molecule has 3 nitrogen and oxygen atoms in total. The van der Waals surface area contributed by atoms with Gasteiger partial charge in [0.15, 0.2) is 0 Å². The molecule has 1 rings (SSSR count). The molecule has 1 saturated carbocycles. The monoisotopic (exact) mass is 230 g/mol. The summed E-state index contributed by atoms with van der Waals surface area (Å²) in [6.45, 7) is 0.787. The lowest BCUT2D eigenvalue weighted by atomic mass is 9.94. The first-order valence-corrected chi connectivity index (χ1v) is 7.10. The van der Waals surface area contributed by atoms with E-state index in [2.05, 4.69) is 11.6 Å². The zero-order chi connectivity index (χ0) is 11.1. The molecule has 1 aliphatic rings. The topological polar surface area (TPSA) is 55.1 Å². The van der Waals surface area contributed by atoms with Gasteiger partial charge in [0.1, 0.15) is 0 Å². The van der Waals surface area contributed by atoms with E-state index in [0.29, 0.717) is 6.42 Å². The van der Waals surface area contributed by atoms with Crippen molar-refractivity contribution in [3.05, 3.63) is 0 Å². The van der Waals surface area contributed by atoms with Gasteiger partial charge in [-0.05, 0) is 31.3 Å². The second kappa shape index (κ2) is 6.38. The first-order valence-electron chi connectivity index (χ1n) is 5.71. The van der Waals surface area contributed by atoms with Gasteiger partial charge in [-0.1, -0.05) is 12.8 Å². The molecule has 0 atom stereocenters. The number of rotatable bonds is 6. The third-order valence-corrected chi connectivity index (χ3v) is 3.66. The zero-order valence-electron chi connectivity index (χ0n) is 9.55. The highest BCUT2D eigenvalue weighted by molar-refractivity contribution is 7.98. The summed E-state index contributed by atoms with van der Waals surface area (Å²) in [6.07, 6.45) is 7.99. The SMILES string of the molecule is CSCCCNC(=O)CC1(N)CCCC1. The van der Waals surface area contributed by atoms with E-state index in [-0.39, 0.29) is 11.4 Å². The molecule has 15 heavy (non-hydrogen) atoms. The number of nitrogens with two attached hydrogens (primary N) is 1. The highest BCUT2D eigenvalue weighted by Crippen LogP contribution is 2.29. The fourth-order valence-electron chi connectivity index (χ4n) is 2.08. The number of hydrogen-bond acceptors (Lipinski definition) is 3. The van der Waals surface area contributed by atoms with E-state index in [4.69, 9.17) is 5.73 Å². The quantitative estimate of drug-likeness (QED) is 0.680. The molecular weight excluding hydrogens is 208 g/mol. The molecule has 88 valence electrons. The zero-order valence-corrected chi connectivity index (χ0v) is 10.4. The third-order valence-electron chi connectivity index (χ3n) is 2.96. The van der Waals surface area contributed by atoms with Gasteiger partial charge in [-0.3, -0.25) is 4.79 Å². The van der Waals surface area contributed by atoms with E-state index >= 15 is 0 Å². The van der Waals surface area contributed by atoms with E-state index in [9.17, 15) is 4.79 Å². The highest BCUT2D eigenvalue weighted by Gasteiger charge is 2.31. The van der Waals surface area contributed by atoms with Gasteiger partial charge >= 0.3 is 0 Å². The Morgan fingerprint density at radius 1 is 1.47 bits per heavy atom. The summed E-state index contributed by atoms with van der Waals surface area (Å²) in [6, 6.07) is 0. The standard InChI is InChI=1S/C11H22N2OS/c1-15-8-4-7-13-10(14)9-11(12)5-2-3-6-11/h2-9,12H2,1H3,(H,13,14). The number of carbonyl (C=O) groups excluding carboxylic acids is 1. The maximum absolute atomic E-state index is 11.6. The molecule has 1 amide bonds. The predicted octanol–water partition coefficient (Wildman–Crippen LogP) is 1.52. The van der Waals surface area contributed by atoms with Crippen molar-refractivity contribution in [2.45, 2.75) is 44.1 Å². The molecule has 0 unspecified atom stereocenters. The van der Waals surface area contributed by atoms with Gasteiger partial charge in [-0.2, -0.15) is 11.8 Å². The van der Waals surface area contributed by atoms with Gasteiger partial charge in [0.05, 0.1) is 0 Å². The van der Waals surface area contributed by atoms with E-state index in [0.717, 1.165) is 31.6 Å². The number of amides is 1. The normalized spacial score (nSPS) is 19.1. The minimum atomic E-state index is -0.205. The average Bonchev–Trinajstić information content (AvgIpc) is 2.59. The van der Waals surface area contributed by atoms with Crippen LogP contribution in [-0.2, 0) is 4.79 Å². The molecule has 0 aliphatic heterocycles. The molecule has 0 heterocycles. The van der Waals surface area contributed by atoms with E-state index < -0.39 is 0 Å². The lowest BCUT2D eigenvalue weighted by Crippen LogP contribution is -2.42. The van der Waals surface area contributed by atoms with Crippen molar-refractivity contribution in [2.24, 2.45) is 5.73 Å². The van der Waals surface area contributed by atoms with Crippen LogP contribution in [0.2, 0.25) is 0 Å².